The second kappa shape index (κ2) is 4.57. The summed E-state index contributed by atoms with van der Waals surface area (Å²) >= 11 is 0. The molecule has 1 atom stereocenters. The van der Waals surface area contributed by atoms with Gasteiger partial charge in [-0.1, -0.05) is 19.9 Å². The third-order valence-corrected chi connectivity index (χ3v) is 1.54. The Bertz CT molecular complexity index is 78.6. The minimum atomic E-state index is 0.620. The molecule has 0 radical (unpaired) electrons. The second-order valence-corrected chi connectivity index (χ2v) is 2.57. The molecular weight excluding hydrogens is 110 g/mol. The lowest BCUT2D eigenvalue weighted by molar-refractivity contribution is 0.324. The van der Waals surface area contributed by atoms with Crippen molar-refractivity contribution in [1.82, 2.24) is 4.90 Å². The molecule has 0 spiro atoms. The quantitative estimate of drug-likeness (QED) is 0.520. The van der Waals surface area contributed by atoms with Gasteiger partial charge in [0.25, 0.3) is 0 Å². The van der Waals surface area contributed by atoms with Gasteiger partial charge < -0.3 is 4.90 Å². The van der Waals surface area contributed by atoms with E-state index in [-0.39, 0.29) is 0 Å². The molecule has 0 saturated carbocycles. The van der Waals surface area contributed by atoms with Crippen molar-refractivity contribution in [1.29, 1.82) is 0 Å². The highest BCUT2D eigenvalue weighted by atomic mass is 15.1. The van der Waals surface area contributed by atoms with E-state index in [2.05, 4.69) is 32.4 Å². The standard InChI is InChI=1S/C8H17N/c1-5-8(3)7-9(4)6-2/h5,8H,1,6-7H2,2-4H3. The fourth-order valence-corrected chi connectivity index (χ4v) is 0.695. The topological polar surface area (TPSA) is 3.24 Å². The zero-order chi connectivity index (χ0) is 7.28. The minimum absolute atomic E-state index is 0.620. The van der Waals surface area contributed by atoms with Crippen LogP contribution in [0.4, 0.5) is 0 Å². The van der Waals surface area contributed by atoms with Crippen LogP contribution in [-0.2, 0) is 0 Å². The van der Waals surface area contributed by atoms with Gasteiger partial charge in [0.2, 0.25) is 0 Å². The molecule has 0 aliphatic rings. The van der Waals surface area contributed by atoms with Crippen LogP contribution < -0.4 is 0 Å². The van der Waals surface area contributed by atoms with Gasteiger partial charge in [-0.15, -0.1) is 6.58 Å². The fraction of sp³-hybridized carbons (Fsp3) is 0.750. The summed E-state index contributed by atoms with van der Waals surface area (Å²) in [6.45, 7) is 10.3. The maximum atomic E-state index is 3.72. The van der Waals surface area contributed by atoms with Crippen molar-refractivity contribution >= 4 is 0 Å². The van der Waals surface area contributed by atoms with Crippen LogP contribution >= 0.6 is 0 Å². The summed E-state index contributed by atoms with van der Waals surface area (Å²) in [6, 6.07) is 0. The van der Waals surface area contributed by atoms with Gasteiger partial charge in [0.05, 0.1) is 0 Å². The number of nitrogens with zero attached hydrogens (tertiary/aromatic N) is 1. The summed E-state index contributed by atoms with van der Waals surface area (Å²) < 4.78 is 0. The van der Waals surface area contributed by atoms with E-state index in [1.807, 2.05) is 6.08 Å². The van der Waals surface area contributed by atoms with Crippen LogP contribution in [0.2, 0.25) is 0 Å². The van der Waals surface area contributed by atoms with Crippen molar-refractivity contribution in [3.05, 3.63) is 12.7 Å². The van der Waals surface area contributed by atoms with Gasteiger partial charge in [0, 0.05) is 6.54 Å². The van der Waals surface area contributed by atoms with Crippen molar-refractivity contribution in [2.24, 2.45) is 5.92 Å². The number of hydrogen-bond donors (Lipinski definition) is 0. The average molecular weight is 127 g/mol. The molecule has 0 rings (SSSR count). The van der Waals surface area contributed by atoms with E-state index >= 15 is 0 Å². The molecule has 1 nitrogen and oxygen atoms in total. The summed E-state index contributed by atoms with van der Waals surface area (Å²) in [4.78, 5) is 2.28. The Morgan fingerprint density at radius 3 is 2.56 bits per heavy atom. The van der Waals surface area contributed by atoms with Crippen LogP contribution in [-0.4, -0.2) is 25.0 Å². The first-order chi connectivity index (χ1) is 4.20. The zero-order valence-corrected chi connectivity index (χ0v) is 6.72. The van der Waals surface area contributed by atoms with Crippen molar-refractivity contribution in [2.75, 3.05) is 20.1 Å². The molecule has 0 aromatic heterocycles. The number of rotatable bonds is 4. The first-order valence-corrected chi connectivity index (χ1v) is 3.51. The third kappa shape index (κ3) is 4.22. The number of hydrogen-bond acceptors (Lipinski definition) is 1. The summed E-state index contributed by atoms with van der Waals surface area (Å²) in [5.74, 6) is 0.620. The normalized spacial score (nSPS) is 13.8. The van der Waals surface area contributed by atoms with Crippen LogP contribution in [0.15, 0.2) is 12.7 Å². The van der Waals surface area contributed by atoms with Crippen LogP contribution in [0, 0.1) is 5.92 Å². The summed E-state index contributed by atoms with van der Waals surface area (Å²) in [5, 5.41) is 0. The highest BCUT2D eigenvalue weighted by molar-refractivity contribution is 4.76. The molecule has 1 unspecified atom stereocenters. The van der Waals surface area contributed by atoms with E-state index in [9.17, 15) is 0 Å². The van der Waals surface area contributed by atoms with Crippen LogP contribution in [0.25, 0.3) is 0 Å². The molecule has 0 N–H and O–H groups in total. The monoisotopic (exact) mass is 127 g/mol. The molecule has 9 heavy (non-hydrogen) atoms. The Kier molecular flexibility index (Phi) is 4.41. The molecule has 0 aliphatic carbocycles. The van der Waals surface area contributed by atoms with E-state index in [1.54, 1.807) is 0 Å². The molecule has 0 aromatic rings. The van der Waals surface area contributed by atoms with E-state index in [0.717, 1.165) is 13.1 Å². The third-order valence-electron chi connectivity index (χ3n) is 1.54. The first kappa shape index (κ1) is 8.70. The lowest BCUT2D eigenvalue weighted by atomic mass is 10.2. The van der Waals surface area contributed by atoms with Crippen molar-refractivity contribution in [3.63, 3.8) is 0 Å². The summed E-state index contributed by atoms with van der Waals surface area (Å²) in [5.41, 5.74) is 0. The van der Waals surface area contributed by atoms with E-state index in [1.165, 1.54) is 0 Å². The molecule has 0 saturated heterocycles. The average Bonchev–Trinajstić information content (AvgIpc) is 1.87. The maximum Gasteiger partial charge on any atom is 0.00384 e. The lowest BCUT2D eigenvalue weighted by Gasteiger charge is -2.16. The fourth-order valence-electron chi connectivity index (χ4n) is 0.695. The van der Waals surface area contributed by atoms with Crippen LogP contribution in [0.3, 0.4) is 0 Å². The molecule has 0 aliphatic heterocycles. The molecular formula is C8H17N. The first-order valence-electron chi connectivity index (χ1n) is 3.51. The van der Waals surface area contributed by atoms with Crippen molar-refractivity contribution in [2.45, 2.75) is 13.8 Å². The Morgan fingerprint density at radius 2 is 2.22 bits per heavy atom. The molecule has 54 valence electrons. The Hall–Kier alpha value is -0.300. The van der Waals surface area contributed by atoms with Gasteiger partial charge >= 0.3 is 0 Å². The predicted octanol–water partition coefficient (Wildman–Crippen LogP) is 1.76. The van der Waals surface area contributed by atoms with Gasteiger partial charge in [-0.25, -0.2) is 0 Å². The zero-order valence-electron chi connectivity index (χ0n) is 6.72. The minimum Gasteiger partial charge on any atom is -0.306 e. The molecule has 0 fully saturated rings. The van der Waals surface area contributed by atoms with Gasteiger partial charge in [-0.2, -0.15) is 0 Å². The highest BCUT2D eigenvalue weighted by Crippen LogP contribution is 1.96. The Morgan fingerprint density at radius 1 is 1.67 bits per heavy atom. The highest BCUT2D eigenvalue weighted by Gasteiger charge is 1.98. The van der Waals surface area contributed by atoms with Gasteiger partial charge in [-0.05, 0) is 19.5 Å². The van der Waals surface area contributed by atoms with Gasteiger partial charge in [0.1, 0.15) is 0 Å². The Balaban J connectivity index is 3.33. The predicted molar refractivity (Wildman–Crippen MR) is 42.5 cm³/mol. The van der Waals surface area contributed by atoms with E-state index in [0.29, 0.717) is 5.92 Å². The second-order valence-electron chi connectivity index (χ2n) is 2.57. The SMILES string of the molecule is C=CC(C)CN(C)CC. The van der Waals surface area contributed by atoms with Crippen LogP contribution in [0.1, 0.15) is 13.8 Å². The maximum absolute atomic E-state index is 3.72. The largest absolute Gasteiger partial charge is 0.306 e. The summed E-state index contributed by atoms with van der Waals surface area (Å²) in [6.07, 6.45) is 1.99. The summed E-state index contributed by atoms with van der Waals surface area (Å²) in [7, 11) is 2.12. The van der Waals surface area contributed by atoms with Gasteiger partial charge in [-0.3, -0.25) is 0 Å². The van der Waals surface area contributed by atoms with Gasteiger partial charge in [0.15, 0.2) is 0 Å². The molecule has 0 bridgehead atoms. The van der Waals surface area contributed by atoms with E-state index in [4.69, 9.17) is 0 Å². The smallest absolute Gasteiger partial charge is 0.00384 e. The molecule has 0 amide bonds. The molecule has 1 heteroatoms. The molecule has 0 aromatic carbocycles. The Labute approximate surface area is 58.4 Å². The lowest BCUT2D eigenvalue weighted by Crippen LogP contribution is -2.22. The van der Waals surface area contributed by atoms with Crippen LogP contribution in [0.5, 0.6) is 0 Å². The van der Waals surface area contributed by atoms with Crippen molar-refractivity contribution in [3.8, 4) is 0 Å². The van der Waals surface area contributed by atoms with E-state index < -0.39 is 0 Å². The molecule has 0 heterocycles. The van der Waals surface area contributed by atoms with Crippen molar-refractivity contribution < 1.29 is 0 Å².